The van der Waals surface area contributed by atoms with Crippen molar-refractivity contribution in [1.82, 2.24) is 0 Å². The number of phenolic OH excluding ortho intramolecular Hbond substituents is 1. The van der Waals surface area contributed by atoms with E-state index in [4.69, 9.17) is 5.73 Å². The number of hydrogen-bond acceptors (Lipinski definition) is 2. The Labute approximate surface area is 76.5 Å². The number of nitrogens with two attached hydrogens (primary N) is 1. The molecule has 68 valence electrons. The SMILES string of the molecule is Cc1c(O)cccc1C=CC(N)=O. The average Bonchev–Trinajstić information content (AvgIpc) is 2.07. The van der Waals surface area contributed by atoms with Crippen LogP contribution in [0.2, 0.25) is 0 Å². The van der Waals surface area contributed by atoms with E-state index in [2.05, 4.69) is 0 Å². The van der Waals surface area contributed by atoms with E-state index in [0.29, 0.717) is 0 Å². The van der Waals surface area contributed by atoms with Crippen molar-refractivity contribution in [3.05, 3.63) is 35.4 Å². The minimum Gasteiger partial charge on any atom is -0.508 e. The lowest BCUT2D eigenvalue weighted by molar-refractivity contribution is -0.113. The van der Waals surface area contributed by atoms with Gasteiger partial charge in [0.1, 0.15) is 5.75 Å². The van der Waals surface area contributed by atoms with E-state index in [0.717, 1.165) is 11.1 Å². The van der Waals surface area contributed by atoms with Gasteiger partial charge in [0.15, 0.2) is 0 Å². The molecule has 0 aliphatic carbocycles. The molecule has 0 fully saturated rings. The average molecular weight is 177 g/mol. The van der Waals surface area contributed by atoms with Crippen molar-refractivity contribution >= 4 is 12.0 Å². The molecule has 3 nitrogen and oxygen atoms in total. The second-order valence-corrected chi connectivity index (χ2v) is 2.73. The smallest absolute Gasteiger partial charge is 0.241 e. The maximum Gasteiger partial charge on any atom is 0.241 e. The van der Waals surface area contributed by atoms with Gasteiger partial charge in [0.25, 0.3) is 0 Å². The van der Waals surface area contributed by atoms with Crippen LogP contribution in [0.4, 0.5) is 0 Å². The summed E-state index contributed by atoms with van der Waals surface area (Å²) in [7, 11) is 0. The number of benzene rings is 1. The Morgan fingerprint density at radius 1 is 1.54 bits per heavy atom. The molecular formula is C10H11NO2. The highest BCUT2D eigenvalue weighted by atomic mass is 16.3. The number of aromatic hydroxyl groups is 1. The van der Waals surface area contributed by atoms with Crippen molar-refractivity contribution in [1.29, 1.82) is 0 Å². The zero-order valence-corrected chi connectivity index (χ0v) is 7.32. The summed E-state index contributed by atoms with van der Waals surface area (Å²) in [4.78, 5) is 10.4. The predicted octanol–water partition coefficient (Wildman–Crippen LogP) is 1.20. The number of carbonyl (C=O) groups excluding carboxylic acids is 1. The van der Waals surface area contributed by atoms with E-state index < -0.39 is 5.91 Å². The molecule has 0 aliphatic rings. The lowest BCUT2D eigenvalue weighted by atomic mass is 10.1. The minimum absolute atomic E-state index is 0.214. The van der Waals surface area contributed by atoms with Crippen LogP contribution in [0.25, 0.3) is 6.08 Å². The van der Waals surface area contributed by atoms with E-state index in [1.807, 2.05) is 0 Å². The number of primary amides is 1. The Bertz CT molecular complexity index is 356. The number of carbonyl (C=O) groups is 1. The van der Waals surface area contributed by atoms with E-state index in [-0.39, 0.29) is 5.75 Å². The first-order valence-electron chi connectivity index (χ1n) is 3.87. The summed E-state index contributed by atoms with van der Waals surface area (Å²) >= 11 is 0. The van der Waals surface area contributed by atoms with E-state index in [1.165, 1.54) is 6.08 Å². The Morgan fingerprint density at radius 3 is 2.85 bits per heavy atom. The van der Waals surface area contributed by atoms with Crippen molar-refractivity contribution in [3.8, 4) is 5.75 Å². The first kappa shape index (κ1) is 9.32. The summed E-state index contributed by atoms with van der Waals surface area (Å²) in [5, 5.41) is 9.32. The van der Waals surface area contributed by atoms with Gasteiger partial charge in [-0.3, -0.25) is 4.79 Å². The van der Waals surface area contributed by atoms with Crippen molar-refractivity contribution in [3.63, 3.8) is 0 Å². The maximum atomic E-state index is 10.4. The van der Waals surface area contributed by atoms with Crippen molar-refractivity contribution < 1.29 is 9.90 Å². The van der Waals surface area contributed by atoms with Gasteiger partial charge in [0.2, 0.25) is 5.91 Å². The Morgan fingerprint density at radius 2 is 2.23 bits per heavy atom. The van der Waals surface area contributed by atoms with E-state index in [1.54, 1.807) is 31.2 Å². The Balaban J connectivity index is 3.02. The molecular weight excluding hydrogens is 166 g/mol. The summed E-state index contributed by atoms with van der Waals surface area (Å²) in [5.74, 6) is -0.283. The molecule has 0 spiro atoms. The van der Waals surface area contributed by atoms with Gasteiger partial charge in [-0.25, -0.2) is 0 Å². The van der Waals surface area contributed by atoms with Crippen molar-refractivity contribution in [2.75, 3.05) is 0 Å². The van der Waals surface area contributed by atoms with Crippen LogP contribution in [0.3, 0.4) is 0 Å². The van der Waals surface area contributed by atoms with Crippen molar-refractivity contribution in [2.45, 2.75) is 6.92 Å². The van der Waals surface area contributed by atoms with Crippen LogP contribution in [-0.4, -0.2) is 11.0 Å². The standard InChI is InChI=1S/C10H11NO2/c1-7-8(5-6-10(11)13)3-2-4-9(7)12/h2-6,12H,1H3,(H2,11,13). The van der Waals surface area contributed by atoms with Crippen LogP contribution in [0.1, 0.15) is 11.1 Å². The van der Waals surface area contributed by atoms with Crippen LogP contribution in [0, 0.1) is 6.92 Å². The first-order chi connectivity index (χ1) is 6.11. The lowest BCUT2D eigenvalue weighted by Crippen LogP contribution is -2.05. The Kier molecular flexibility index (Phi) is 2.69. The van der Waals surface area contributed by atoms with Crippen LogP contribution in [-0.2, 0) is 4.79 Å². The molecule has 0 aromatic heterocycles. The fraction of sp³-hybridized carbons (Fsp3) is 0.100. The summed E-state index contributed by atoms with van der Waals surface area (Å²) in [5.41, 5.74) is 6.47. The number of phenols is 1. The quantitative estimate of drug-likeness (QED) is 0.666. The molecule has 3 heteroatoms. The molecule has 0 saturated carbocycles. The summed E-state index contributed by atoms with van der Waals surface area (Å²) in [6.45, 7) is 1.77. The number of amides is 1. The third kappa shape index (κ3) is 2.33. The fourth-order valence-corrected chi connectivity index (χ4v) is 0.993. The minimum atomic E-state index is -0.497. The largest absolute Gasteiger partial charge is 0.508 e. The molecule has 0 aliphatic heterocycles. The van der Waals surface area contributed by atoms with E-state index >= 15 is 0 Å². The third-order valence-electron chi connectivity index (χ3n) is 1.77. The zero-order valence-electron chi connectivity index (χ0n) is 7.32. The first-order valence-corrected chi connectivity index (χ1v) is 3.87. The molecule has 0 radical (unpaired) electrons. The Hall–Kier alpha value is -1.77. The van der Waals surface area contributed by atoms with Gasteiger partial charge < -0.3 is 10.8 Å². The van der Waals surface area contributed by atoms with Crippen molar-refractivity contribution in [2.24, 2.45) is 5.73 Å². The normalized spacial score (nSPS) is 10.5. The van der Waals surface area contributed by atoms with Gasteiger partial charge in [-0.2, -0.15) is 0 Å². The highest BCUT2D eigenvalue weighted by molar-refractivity contribution is 5.90. The van der Waals surface area contributed by atoms with Crippen LogP contribution in [0.5, 0.6) is 5.75 Å². The second kappa shape index (κ2) is 3.76. The molecule has 1 aromatic carbocycles. The fourth-order valence-electron chi connectivity index (χ4n) is 0.993. The van der Waals surface area contributed by atoms with Gasteiger partial charge >= 0.3 is 0 Å². The van der Waals surface area contributed by atoms with Crippen LogP contribution < -0.4 is 5.73 Å². The van der Waals surface area contributed by atoms with Gasteiger partial charge in [0, 0.05) is 6.08 Å². The maximum absolute atomic E-state index is 10.4. The molecule has 0 bridgehead atoms. The highest BCUT2D eigenvalue weighted by Gasteiger charge is 1.98. The monoisotopic (exact) mass is 177 g/mol. The molecule has 1 amide bonds. The van der Waals surface area contributed by atoms with E-state index in [9.17, 15) is 9.90 Å². The topological polar surface area (TPSA) is 63.3 Å². The van der Waals surface area contributed by atoms with Gasteiger partial charge in [0.05, 0.1) is 0 Å². The predicted molar refractivity (Wildman–Crippen MR) is 51.1 cm³/mol. The van der Waals surface area contributed by atoms with Gasteiger partial charge in [-0.05, 0) is 30.2 Å². The molecule has 0 saturated heterocycles. The third-order valence-corrected chi connectivity index (χ3v) is 1.77. The number of rotatable bonds is 2. The summed E-state index contributed by atoms with van der Waals surface area (Å²) in [6.07, 6.45) is 2.85. The lowest BCUT2D eigenvalue weighted by Gasteiger charge is -2.01. The zero-order chi connectivity index (χ0) is 9.84. The molecule has 1 aromatic rings. The second-order valence-electron chi connectivity index (χ2n) is 2.73. The van der Waals surface area contributed by atoms with Gasteiger partial charge in [-0.15, -0.1) is 0 Å². The highest BCUT2D eigenvalue weighted by Crippen LogP contribution is 2.20. The summed E-state index contributed by atoms with van der Waals surface area (Å²) < 4.78 is 0. The molecule has 13 heavy (non-hydrogen) atoms. The molecule has 0 heterocycles. The van der Waals surface area contributed by atoms with Crippen LogP contribution >= 0.6 is 0 Å². The van der Waals surface area contributed by atoms with Crippen LogP contribution in [0.15, 0.2) is 24.3 Å². The molecule has 0 atom stereocenters. The summed E-state index contributed by atoms with van der Waals surface area (Å²) in [6, 6.07) is 5.11. The number of hydrogen-bond donors (Lipinski definition) is 2. The molecule has 0 unspecified atom stereocenters. The molecule has 1 rings (SSSR count). The molecule has 3 N–H and O–H groups in total. The van der Waals surface area contributed by atoms with Gasteiger partial charge in [-0.1, -0.05) is 12.1 Å².